The highest BCUT2D eigenvalue weighted by molar-refractivity contribution is 4.92. The Morgan fingerprint density at radius 3 is 1.83 bits per heavy atom. The third kappa shape index (κ3) is 3.11. The summed E-state index contributed by atoms with van der Waals surface area (Å²) in [5.41, 5.74) is 1.03. The van der Waals surface area contributed by atoms with Crippen molar-refractivity contribution in [3.63, 3.8) is 0 Å². The second-order valence-electron chi connectivity index (χ2n) is 9.29. The summed E-state index contributed by atoms with van der Waals surface area (Å²) in [6.07, 6.45) is 9.04. The van der Waals surface area contributed by atoms with Gasteiger partial charge in [-0.05, 0) is 60.2 Å². The minimum atomic E-state index is 0.514. The van der Waals surface area contributed by atoms with Gasteiger partial charge in [0.15, 0.2) is 0 Å². The third-order valence-electron chi connectivity index (χ3n) is 5.95. The van der Waals surface area contributed by atoms with Crippen molar-refractivity contribution >= 4 is 0 Å². The summed E-state index contributed by atoms with van der Waals surface area (Å²) >= 11 is 0. The van der Waals surface area contributed by atoms with Crippen LogP contribution in [-0.4, -0.2) is 0 Å². The Morgan fingerprint density at radius 2 is 1.28 bits per heavy atom. The van der Waals surface area contributed by atoms with Crippen molar-refractivity contribution in [2.75, 3.05) is 0 Å². The molecule has 0 nitrogen and oxygen atoms in total. The number of hydrogen-bond donors (Lipinski definition) is 0. The van der Waals surface area contributed by atoms with E-state index >= 15 is 0 Å². The summed E-state index contributed by atoms with van der Waals surface area (Å²) in [6, 6.07) is 0. The number of rotatable bonds is 0. The molecule has 0 aliphatic heterocycles. The minimum Gasteiger partial charge on any atom is -0.0599 e. The Bertz CT molecular complexity index is 275. The number of fused-ring (bicyclic) bond motifs is 5. The van der Waals surface area contributed by atoms with Crippen molar-refractivity contribution < 1.29 is 0 Å². The normalized spacial score (nSPS) is 38.3. The zero-order valence-electron chi connectivity index (χ0n) is 13.6. The summed E-state index contributed by atoms with van der Waals surface area (Å²) in [4.78, 5) is 0. The summed E-state index contributed by atoms with van der Waals surface area (Å²) in [5.74, 6) is 3.97. The van der Waals surface area contributed by atoms with Crippen LogP contribution < -0.4 is 0 Å². The lowest BCUT2D eigenvalue weighted by Crippen LogP contribution is -2.39. The number of hydrogen-bond acceptors (Lipinski definition) is 0. The van der Waals surface area contributed by atoms with Crippen LogP contribution in [0.5, 0.6) is 0 Å². The Labute approximate surface area is 115 Å². The van der Waals surface area contributed by atoms with Gasteiger partial charge in [-0.25, -0.2) is 0 Å². The fourth-order valence-electron chi connectivity index (χ4n) is 4.63. The predicted octanol–water partition coefficient (Wildman–Crippen LogP) is 5.91. The molecule has 0 aromatic heterocycles. The highest BCUT2D eigenvalue weighted by Crippen LogP contribution is 2.52. The average Bonchev–Trinajstić information content (AvgIpc) is 2.14. The first-order valence-electron chi connectivity index (χ1n) is 8.18. The van der Waals surface area contributed by atoms with E-state index in [2.05, 4.69) is 41.5 Å². The molecule has 0 radical (unpaired) electrons. The van der Waals surface area contributed by atoms with Gasteiger partial charge in [-0.1, -0.05) is 54.4 Å². The van der Waals surface area contributed by atoms with E-state index in [0.29, 0.717) is 10.8 Å². The van der Waals surface area contributed by atoms with E-state index in [1.165, 1.54) is 38.5 Å². The first kappa shape index (κ1) is 14.4. The molecule has 4 unspecified atom stereocenters. The molecule has 18 heavy (non-hydrogen) atoms. The van der Waals surface area contributed by atoms with Crippen LogP contribution in [-0.2, 0) is 0 Å². The van der Waals surface area contributed by atoms with Crippen molar-refractivity contribution in [3.8, 4) is 0 Å². The molecule has 3 saturated carbocycles. The molecular weight excluding hydrogens is 216 g/mol. The van der Waals surface area contributed by atoms with Gasteiger partial charge >= 0.3 is 0 Å². The molecule has 0 aromatic rings. The molecule has 0 spiro atoms. The van der Waals surface area contributed by atoms with Crippen LogP contribution in [0.1, 0.15) is 80.1 Å². The van der Waals surface area contributed by atoms with E-state index < -0.39 is 0 Å². The van der Waals surface area contributed by atoms with Crippen molar-refractivity contribution in [3.05, 3.63) is 0 Å². The van der Waals surface area contributed by atoms with Crippen LogP contribution in [0.25, 0.3) is 0 Å². The van der Waals surface area contributed by atoms with Gasteiger partial charge < -0.3 is 0 Å². The van der Waals surface area contributed by atoms with Crippen LogP contribution in [0, 0.1) is 34.5 Å². The summed E-state index contributed by atoms with van der Waals surface area (Å²) in [5, 5.41) is 0. The van der Waals surface area contributed by atoms with E-state index in [1.807, 2.05) is 0 Å². The van der Waals surface area contributed by atoms with Gasteiger partial charge in [0.2, 0.25) is 0 Å². The maximum atomic E-state index is 2.47. The molecule has 0 aromatic carbocycles. The van der Waals surface area contributed by atoms with Crippen molar-refractivity contribution in [2.24, 2.45) is 34.5 Å². The van der Waals surface area contributed by atoms with E-state index in [4.69, 9.17) is 0 Å². The van der Waals surface area contributed by atoms with E-state index in [0.717, 1.165) is 23.7 Å². The second-order valence-corrected chi connectivity index (χ2v) is 9.29. The fourth-order valence-corrected chi connectivity index (χ4v) is 4.63. The van der Waals surface area contributed by atoms with Gasteiger partial charge in [-0.3, -0.25) is 0 Å². The van der Waals surface area contributed by atoms with E-state index in [-0.39, 0.29) is 0 Å². The zero-order chi connectivity index (χ0) is 13.6. The Balaban J connectivity index is 2.16. The van der Waals surface area contributed by atoms with Crippen LogP contribution >= 0.6 is 0 Å². The molecule has 3 aliphatic carbocycles. The molecule has 4 atom stereocenters. The lowest BCUT2D eigenvalue weighted by Gasteiger charge is -2.49. The lowest BCUT2D eigenvalue weighted by molar-refractivity contribution is 0.0166. The van der Waals surface area contributed by atoms with Crippen molar-refractivity contribution in [1.29, 1.82) is 0 Å². The van der Waals surface area contributed by atoms with Gasteiger partial charge in [0.1, 0.15) is 0 Å². The summed E-state index contributed by atoms with van der Waals surface area (Å²) in [6.45, 7) is 14.8. The predicted molar refractivity (Wildman–Crippen MR) is 80.6 cm³/mol. The zero-order valence-corrected chi connectivity index (χ0v) is 13.6. The third-order valence-corrected chi connectivity index (χ3v) is 5.95. The van der Waals surface area contributed by atoms with E-state index in [9.17, 15) is 0 Å². The Kier molecular flexibility index (Phi) is 3.87. The van der Waals surface area contributed by atoms with Crippen LogP contribution in [0.15, 0.2) is 0 Å². The topological polar surface area (TPSA) is 0 Å². The average molecular weight is 250 g/mol. The van der Waals surface area contributed by atoms with Gasteiger partial charge in [-0.2, -0.15) is 0 Å². The molecule has 3 fully saturated rings. The van der Waals surface area contributed by atoms with Crippen LogP contribution in [0.4, 0.5) is 0 Å². The van der Waals surface area contributed by atoms with Gasteiger partial charge in [0, 0.05) is 0 Å². The maximum Gasteiger partial charge on any atom is -0.0334 e. The highest BCUT2D eigenvalue weighted by Gasteiger charge is 2.42. The first-order valence-corrected chi connectivity index (χ1v) is 8.18. The molecule has 0 N–H and O–H groups in total. The Morgan fingerprint density at radius 1 is 0.667 bits per heavy atom. The SMILES string of the molecule is CC(C)(C)C1CCC2CCC(C1)C(C(C)(C)C)C2. The molecule has 3 rings (SSSR count). The minimum absolute atomic E-state index is 0.514. The van der Waals surface area contributed by atoms with Gasteiger partial charge in [-0.15, -0.1) is 0 Å². The van der Waals surface area contributed by atoms with Gasteiger partial charge in [0.25, 0.3) is 0 Å². The molecule has 2 bridgehead atoms. The molecule has 3 aliphatic rings. The smallest absolute Gasteiger partial charge is 0.0334 e. The first-order chi connectivity index (χ1) is 8.18. The quantitative estimate of drug-likeness (QED) is 0.501. The van der Waals surface area contributed by atoms with Crippen LogP contribution in [0.2, 0.25) is 0 Å². The molecule has 0 heteroatoms. The standard InChI is InChI=1S/C18H34/c1-17(2,3)15-10-8-13-7-9-14(12-15)16(11-13)18(4,5)6/h13-16H,7-12H2,1-6H3. The summed E-state index contributed by atoms with van der Waals surface area (Å²) in [7, 11) is 0. The highest BCUT2D eigenvalue weighted by atomic mass is 14.5. The molecule has 106 valence electrons. The van der Waals surface area contributed by atoms with Gasteiger partial charge in [0.05, 0.1) is 0 Å². The van der Waals surface area contributed by atoms with Crippen molar-refractivity contribution in [1.82, 2.24) is 0 Å². The molecular formula is C18H34. The molecule has 0 amide bonds. The Hall–Kier alpha value is 0. The van der Waals surface area contributed by atoms with Crippen LogP contribution in [0.3, 0.4) is 0 Å². The lowest BCUT2D eigenvalue weighted by atomic mass is 9.57. The second kappa shape index (κ2) is 4.84. The monoisotopic (exact) mass is 250 g/mol. The maximum absolute atomic E-state index is 2.47. The molecule has 0 saturated heterocycles. The fraction of sp³-hybridized carbons (Fsp3) is 1.00. The van der Waals surface area contributed by atoms with E-state index in [1.54, 1.807) is 0 Å². The van der Waals surface area contributed by atoms with Crippen molar-refractivity contribution in [2.45, 2.75) is 80.1 Å². The molecule has 0 heterocycles. The summed E-state index contributed by atoms with van der Waals surface area (Å²) < 4.78 is 0. The largest absolute Gasteiger partial charge is 0.0599 e.